The molecule has 1 saturated carbocycles. The van der Waals surface area contributed by atoms with Crippen molar-refractivity contribution in [1.82, 2.24) is 14.7 Å². The molecule has 5 rings (SSSR count). The number of hydrogen-bond donors (Lipinski definition) is 3. The highest BCUT2D eigenvalue weighted by atomic mass is 16.5. The van der Waals surface area contributed by atoms with Crippen LogP contribution in [-0.4, -0.2) is 107 Å². The van der Waals surface area contributed by atoms with E-state index in [9.17, 15) is 20.1 Å². The highest BCUT2D eigenvalue weighted by Crippen LogP contribution is 2.56. The molecule has 0 radical (unpaired) electrons. The third-order valence-corrected chi connectivity index (χ3v) is 10.3. The summed E-state index contributed by atoms with van der Waals surface area (Å²) in [7, 11) is 0. The number of fused-ring (bicyclic) bond motifs is 1. The molecule has 5 unspecified atom stereocenters. The van der Waals surface area contributed by atoms with Gasteiger partial charge >= 0.3 is 0 Å². The molecule has 3 heterocycles. The van der Waals surface area contributed by atoms with Gasteiger partial charge in [-0.3, -0.25) is 14.6 Å². The van der Waals surface area contributed by atoms with Crippen molar-refractivity contribution in [3.05, 3.63) is 23.3 Å². The monoisotopic (exact) mass is 529 g/mol. The molecule has 8 nitrogen and oxygen atoms in total. The van der Waals surface area contributed by atoms with E-state index < -0.39 is 11.0 Å². The summed E-state index contributed by atoms with van der Waals surface area (Å²) in [5, 5.41) is 34.7. The fourth-order valence-corrected chi connectivity index (χ4v) is 7.60. The maximum Gasteiger partial charge on any atom is 0.236 e. The van der Waals surface area contributed by atoms with E-state index >= 15 is 0 Å². The Labute approximate surface area is 227 Å². The smallest absolute Gasteiger partial charge is 0.236 e. The summed E-state index contributed by atoms with van der Waals surface area (Å²) < 4.78 is 5.57. The second-order valence-corrected chi connectivity index (χ2v) is 12.3. The predicted octanol–water partition coefficient (Wildman–Crippen LogP) is 2.72. The minimum Gasteiger partial charge on any atom is -0.504 e. The van der Waals surface area contributed by atoms with Crippen molar-refractivity contribution in [2.24, 2.45) is 11.8 Å². The van der Waals surface area contributed by atoms with Gasteiger partial charge in [-0.25, -0.2) is 0 Å². The predicted molar refractivity (Wildman–Crippen MR) is 146 cm³/mol. The van der Waals surface area contributed by atoms with Crippen molar-refractivity contribution in [2.45, 2.75) is 76.4 Å². The summed E-state index contributed by atoms with van der Waals surface area (Å²) in [6, 6.07) is 3.31. The third kappa shape index (κ3) is 4.93. The summed E-state index contributed by atoms with van der Waals surface area (Å²) in [6.07, 6.45) is 4.55. The lowest BCUT2D eigenvalue weighted by molar-refractivity contribution is -0.138. The minimum absolute atomic E-state index is 0.0939. The topological polar surface area (TPSA) is 96.7 Å². The Balaban J connectivity index is 1.48. The number of carbonyl (C=O) groups excluding carboxylic acids is 1. The first-order chi connectivity index (χ1) is 18.2. The van der Waals surface area contributed by atoms with Crippen LogP contribution in [0, 0.1) is 11.8 Å². The Morgan fingerprint density at radius 2 is 1.79 bits per heavy atom. The van der Waals surface area contributed by atoms with Crippen LogP contribution in [0.15, 0.2) is 12.1 Å². The Bertz CT molecular complexity index is 1010. The molecule has 1 aromatic carbocycles. The number of piperidine rings is 1. The van der Waals surface area contributed by atoms with E-state index in [0.717, 1.165) is 50.7 Å². The van der Waals surface area contributed by atoms with Crippen molar-refractivity contribution in [2.75, 3.05) is 59.0 Å². The van der Waals surface area contributed by atoms with Gasteiger partial charge in [-0.2, -0.15) is 0 Å². The molecule has 38 heavy (non-hydrogen) atoms. The number of hydrogen-bond acceptors (Lipinski definition) is 7. The van der Waals surface area contributed by atoms with Crippen molar-refractivity contribution >= 4 is 5.91 Å². The zero-order chi connectivity index (χ0) is 27.1. The van der Waals surface area contributed by atoms with Crippen molar-refractivity contribution in [1.29, 1.82) is 0 Å². The Kier molecular flexibility index (Phi) is 7.98. The first kappa shape index (κ1) is 27.7. The molecule has 8 heteroatoms. The molecular weight excluding hydrogens is 482 g/mol. The van der Waals surface area contributed by atoms with Crippen molar-refractivity contribution in [3.63, 3.8) is 0 Å². The second kappa shape index (κ2) is 11.0. The van der Waals surface area contributed by atoms with Crippen LogP contribution in [0.5, 0.6) is 11.5 Å². The van der Waals surface area contributed by atoms with Crippen LogP contribution < -0.4 is 0 Å². The largest absolute Gasteiger partial charge is 0.504 e. The summed E-state index contributed by atoms with van der Waals surface area (Å²) in [4.78, 5) is 20.1. The second-order valence-electron chi connectivity index (χ2n) is 12.3. The zero-order valence-electron chi connectivity index (χ0n) is 23.5. The first-order valence-corrected chi connectivity index (χ1v) is 14.8. The molecule has 5 atom stereocenters. The van der Waals surface area contributed by atoms with Gasteiger partial charge in [-0.1, -0.05) is 19.9 Å². The molecular formula is C30H47N3O5. The molecule has 0 spiro atoms. The molecule has 3 N–H and O–H groups in total. The van der Waals surface area contributed by atoms with E-state index in [2.05, 4.69) is 30.6 Å². The van der Waals surface area contributed by atoms with Gasteiger partial charge in [0.15, 0.2) is 11.5 Å². The van der Waals surface area contributed by atoms with Crippen LogP contribution in [0.25, 0.3) is 0 Å². The van der Waals surface area contributed by atoms with Gasteiger partial charge < -0.3 is 25.0 Å². The van der Waals surface area contributed by atoms with Crippen LogP contribution in [0.1, 0.15) is 64.0 Å². The molecule has 3 aliphatic heterocycles. The molecule has 1 aromatic rings. The third-order valence-electron chi connectivity index (χ3n) is 10.3. The summed E-state index contributed by atoms with van der Waals surface area (Å²) in [5.74, 6) is 1.25. The number of amides is 1. The first-order valence-electron chi connectivity index (χ1n) is 14.8. The molecule has 3 saturated heterocycles. The quantitative estimate of drug-likeness (QED) is 0.488. The summed E-state index contributed by atoms with van der Waals surface area (Å²) >= 11 is 0. The van der Waals surface area contributed by atoms with E-state index in [1.807, 2.05) is 11.0 Å². The highest BCUT2D eigenvalue weighted by Gasteiger charge is 2.61. The summed E-state index contributed by atoms with van der Waals surface area (Å²) in [5.41, 5.74) is -0.255. The van der Waals surface area contributed by atoms with Gasteiger partial charge in [-0.15, -0.1) is 0 Å². The molecule has 212 valence electrons. The molecule has 1 amide bonds. The van der Waals surface area contributed by atoms with Crippen molar-refractivity contribution in [3.8, 4) is 11.5 Å². The molecule has 0 bridgehead atoms. The number of ether oxygens (including phenoxy) is 1. The van der Waals surface area contributed by atoms with Gasteiger partial charge in [0.2, 0.25) is 5.91 Å². The Morgan fingerprint density at radius 3 is 2.53 bits per heavy atom. The van der Waals surface area contributed by atoms with E-state index in [0.29, 0.717) is 63.4 Å². The average molecular weight is 530 g/mol. The van der Waals surface area contributed by atoms with Gasteiger partial charge in [0, 0.05) is 56.4 Å². The maximum atomic E-state index is 13.5. The van der Waals surface area contributed by atoms with Crippen LogP contribution in [0.3, 0.4) is 0 Å². The average Bonchev–Trinajstić information content (AvgIpc) is 3.68. The fourth-order valence-electron chi connectivity index (χ4n) is 7.60. The van der Waals surface area contributed by atoms with E-state index in [1.165, 1.54) is 6.42 Å². The number of aryl methyl sites for hydroxylation is 1. The minimum atomic E-state index is -1.15. The number of phenols is 2. The number of aliphatic hydroxyl groups is 1. The lowest BCUT2D eigenvalue weighted by Gasteiger charge is -2.58. The highest BCUT2D eigenvalue weighted by molar-refractivity contribution is 5.78. The van der Waals surface area contributed by atoms with E-state index in [1.54, 1.807) is 6.07 Å². The Morgan fingerprint density at radius 1 is 1.05 bits per heavy atom. The number of rotatable bonds is 6. The molecule has 4 aliphatic rings. The van der Waals surface area contributed by atoms with E-state index in [4.69, 9.17) is 4.74 Å². The Hall–Kier alpha value is -1.87. The van der Waals surface area contributed by atoms with Gasteiger partial charge in [0.1, 0.15) is 0 Å². The number of phenolic OH excluding ortho intramolecular Hbond substituents is 2. The van der Waals surface area contributed by atoms with Crippen LogP contribution >= 0.6 is 0 Å². The van der Waals surface area contributed by atoms with Gasteiger partial charge in [0.25, 0.3) is 0 Å². The normalized spacial score (nSPS) is 34.8. The van der Waals surface area contributed by atoms with Crippen LogP contribution in [0.4, 0.5) is 0 Å². The zero-order valence-corrected chi connectivity index (χ0v) is 23.5. The molecule has 1 aliphatic carbocycles. The fraction of sp³-hybridized carbons (Fsp3) is 0.767. The van der Waals surface area contributed by atoms with Crippen LogP contribution in [-0.2, 0) is 21.4 Å². The SMILES string of the molecule is CCc1ccc(O)c(O)c1C12CCN(C(=O)CN3CCCOCC3)CCC1(O)C(C)N(CC1CC1C)CC2. The number of benzene rings is 1. The lowest BCUT2D eigenvalue weighted by atomic mass is 9.56. The number of aromatic hydroxyl groups is 2. The maximum absolute atomic E-state index is 13.5. The van der Waals surface area contributed by atoms with E-state index in [-0.39, 0.29) is 23.4 Å². The van der Waals surface area contributed by atoms with Crippen LogP contribution in [0.2, 0.25) is 0 Å². The van der Waals surface area contributed by atoms with Crippen molar-refractivity contribution < 1.29 is 24.9 Å². The number of likely N-dealkylation sites (tertiary alicyclic amines) is 2. The summed E-state index contributed by atoms with van der Waals surface area (Å²) in [6.45, 7) is 12.7. The number of carbonyl (C=O) groups is 1. The number of nitrogens with zero attached hydrogens (tertiary/aromatic N) is 3. The standard InChI is InChI=1S/C30H47N3O5/c1-4-23-6-7-25(34)28(36)27(23)29-8-12-32(26(35)20-31-11-5-16-38-17-15-31)14-10-30(29,37)22(3)33(13-9-29)19-24-18-21(24)2/h6-7,21-22,24,34,36-37H,4-5,8-20H2,1-3H3. The molecule has 4 fully saturated rings. The van der Waals surface area contributed by atoms with Gasteiger partial charge in [-0.05, 0) is 75.5 Å². The lowest BCUT2D eigenvalue weighted by Crippen LogP contribution is -2.68. The van der Waals surface area contributed by atoms with Gasteiger partial charge in [0.05, 0.1) is 18.8 Å². The molecule has 0 aromatic heterocycles.